The Bertz CT molecular complexity index is 521. The van der Waals surface area contributed by atoms with Crippen LogP contribution < -0.4 is 0 Å². The summed E-state index contributed by atoms with van der Waals surface area (Å²) in [6.45, 7) is 1.98. The van der Waals surface area contributed by atoms with Crippen LogP contribution >= 0.6 is 0 Å². The van der Waals surface area contributed by atoms with Crippen LogP contribution in [0.2, 0.25) is 0 Å². The van der Waals surface area contributed by atoms with Gasteiger partial charge in [0.15, 0.2) is 0 Å². The fourth-order valence-electron chi connectivity index (χ4n) is 1.79. The highest BCUT2D eigenvalue weighted by Gasteiger charge is 2.00. The van der Waals surface area contributed by atoms with Gasteiger partial charge in [0.25, 0.3) is 0 Å². The molecule has 78 valence electrons. The summed E-state index contributed by atoms with van der Waals surface area (Å²) in [7, 11) is 0. The molecule has 0 radical (unpaired) electrons. The first-order valence-electron chi connectivity index (χ1n) is 5.33. The Morgan fingerprint density at radius 2 is 1.75 bits per heavy atom. The van der Waals surface area contributed by atoms with Gasteiger partial charge in [-0.1, -0.05) is 42.5 Å². The molecular weight excluding hydrogens is 194 g/mol. The first-order valence-corrected chi connectivity index (χ1v) is 5.33. The van der Waals surface area contributed by atoms with Crippen molar-refractivity contribution in [3.8, 4) is 6.07 Å². The van der Waals surface area contributed by atoms with Crippen molar-refractivity contribution >= 4 is 0 Å². The van der Waals surface area contributed by atoms with Gasteiger partial charge < -0.3 is 0 Å². The second kappa shape index (κ2) is 4.63. The lowest BCUT2D eigenvalue weighted by Gasteiger charge is -2.04. The van der Waals surface area contributed by atoms with Gasteiger partial charge >= 0.3 is 0 Å². The minimum atomic E-state index is 0.761. The van der Waals surface area contributed by atoms with Crippen molar-refractivity contribution in [3.63, 3.8) is 0 Å². The zero-order chi connectivity index (χ0) is 11.4. The van der Waals surface area contributed by atoms with Gasteiger partial charge in [0.1, 0.15) is 0 Å². The Kier molecular flexibility index (Phi) is 3.03. The maximum Gasteiger partial charge on any atom is 0.0994 e. The number of hydrogen-bond acceptors (Lipinski definition) is 1. The first-order chi connectivity index (χ1) is 7.79. The highest BCUT2D eigenvalue weighted by molar-refractivity contribution is 5.40. The third-order valence-electron chi connectivity index (χ3n) is 2.66. The van der Waals surface area contributed by atoms with E-state index in [2.05, 4.69) is 24.3 Å². The average Bonchev–Trinajstić information content (AvgIpc) is 2.31. The van der Waals surface area contributed by atoms with Crippen molar-refractivity contribution in [2.75, 3.05) is 0 Å². The Morgan fingerprint density at radius 3 is 2.38 bits per heavy atom. The lowest BCUT2D eigenvalue weighted by atomic mass is 10.0. The molecule has 0 unspecified atom stereocenters. The molecule has 0 aliphatic carbocycles. The van der Waals surface area contributed by atoms with Crippen LogP contribution in [0.15, 0.2) is 48.5 Å². The van der Waals surface area contributed by atoms with Crippen molar-refractivity contribution < 1.29 is 0 Å². The van der Waals surface area contributed by atoms with Crippen LogP contribution in [0, 0.1) is 18.3 Å². The highest BCUT2D eigenvalue weighted by atomic mass is 14.2. The first kappa shape index (κ1) is 10.4. The minimum absolute atomic E-state index is 0.761. The standard InChI is InChI=1S/C15H13N/c1-12-9-14(7-8-15(12)11-16)10-13-5-3-2-4-6-13/h2-9H,10H2,1H3. The number of hydrogen-bond donors (Lipinski definition) is 0. The molecule has 0 aromatic heterocycles. The third kappa shape index (κ3) is 2.29. The monoisotopic (exact) mass is 207 g/mol. The summed E-state index contributed by atoms with van der Waals surface area (Å²) in [6.07, 6.45) is 0.924. The zero-order valence-electron chi connectivity index (χ0n) is 9.27. The third-order valence-corrected chi connectivity index (χ3v) is 2.66. The van der Waals surface area contributed by atoms with Gasteiger partial charge in [-0.3, -0.25) is 0 Å². The molecule has 0 fully saturated rings. The normalized spacial score (nSPS) is 9.75. The van der Waals surface area contributed by atoms with Gasteiger partial charge in [-0.05, 0) is 36.1 Å². The molecule has 0 atom stereocenters. The van der Waals surface area contributed by atoms with Crippen LogP contribution in [0.5, 0.6) is 0 Å². The van der Waals surface area contributed by atoms with Crippen molar-refractivity contribution in [3.05, 3.63) is 70.8 Å². The molecule has 0 aliphatic heterocycles. The van der Waals surface area contributed by atoms with E-state index in [4.69, 9.17) is 5.26 Å². The summed E-state index contributed by atoms with van der Waals surface area (Å²) in [5.41, 5.74) is 4.36. The van der Waals surface area contributed by atoms with E-state index in [0.29, 0.717) is 0 Å². The van der Waals surface area contributed by atoms with Gasteiger partial charge in [-0.2, -0.15) is 5.26 Å². The van der Waals surface area contributed by atoms with E-state index in [1.807, 2.05) is 37.3 Å². The lowest BCUT2D eigenvalue weighted by Crippen LogP contribution is -1.90. The van der Waals surface area contributed by atoms with Crippen LogP contribution in [0.1, 0.15) is 22.3 Å². The fraction of sp³-hybridized carbons (Fsp3) is 0.133. The molecule has 2 aromatic carbocycles. The number of nitriles is 1. The van der Waals surface area contributed by atoms with Crippen LogP contribution in [-0.4, -0.2) is 0 Å². The van der Waals surface area contributed by atoms with Crippen LogP contribution in [0.4, 0.5) is 0 Å². The Balaban J connectivity index is 2.24. The Hall–Kier alpha value is -2.07. The van der Waals surface area contributed by atoms with Crippen LogP contribution in [0.3, 0.4) is 0 Å². The van der Waals surface area contributed by atoms with Crippen LogP contribution in [-0.2, 0) is 6.42 Å². The highest BCUT2D eigenvalue weighted by Crippen LogP contribution is 2.13. The van der Waals surface area contributed by atoms with E-state index in [-0.39, 0.29) is 0 Å². The van der Waals surface area contributed by atoms with Gasteiger partial charge in [-0.15, -0.1) is 0 Å². The van der Waals surface area contributed by atoms with E-state index in [0.717, 1.165) is 17.5 Å². The molecular formula is C15H13N. The van der Waals surface area contributed by atoms with E-state index < -0.39 is 0 Å². The summed E-state index contributed by atoms with van der Waals surface area (Å²) in [6, 6.07) is 18.6. The van der Waals surface area contributed by atoms with Gasteiger partial charge in [0, 0.05) is 0 Å². The number of nitrogens with zero attached hydrogens (tertiary/aromatic N) is 1. The SMILES string of the molecule is Cc1cc(Cc2ccccc2)ccc1C#N. The van der Waals surface area contributed by atoms with E-state index in [1.54, 1.807) is 0 Å². The quantitative estimate of drug-likeness (QED) is 0.739. The Labute approximate surface area is 96.0 Å². The summed E-state index contributed by atoms with van der Waals surface area (Å²) in [5, 5.41) is 8.85. The summed E-state index contributed by atoms with van der Waals surface area (Å²) in [4.78, 5) is 0. The second-order valence-electron chi connectivity index (χ2n) is 3.92. The number of benzene rings is 2. The molecule has 1 heteroatoms. The van der Waals surface area contributed by atoms with Crippen LogP contribution in [0.25, 0.3) is 0 Å². The fourth-order valence-corrected chi connectivity index (χ4v) is 1.79. The maximum atomic E-state index is 8.85. The van der Waals surface area contributed by atoms with Crippen molar-refractivity contribution in [2.24, 2.45) is 0 Å². The van der Waals surface area contributed by atoms with Crippen molar-refractivity contribution in [1.29, 1.82) is 5.26 Å². The molecule has 0 bridgehead atoms. The largest absolute Gasteiger partial charge is 0.192 e. The van der Waals surface area contributed by atoms with Gasteiger partial charge in [0.2, 0.25) is 0 Å². The zero-order valence-corrected chi connectivity index (χ0v) is 9.27. The predicted molar refractivity (Wildman–Crippen MR) is 65.1 cm³/mol. The predicted octanol–water partition coefficient (Wildman–Crippen LogP) is 3.46. The molecule has 0 saturated heterocycles. The number of aryl methyl sites for hydroxylation is 1. The molecule has 1 nitrogen and oxygen atoms in total. The minimum Gasteiger partial charge on any atom is -0.192 e. The maximum absolute atomic E-state index is 8.85. The van der Waals surface area contributed by atoms with Gasteiger partial charge in [0.05, 0.1) is 11.6 Å². The summed E-state index contributed by atoms with van der Waals surface area (Å²) in [5.74, 6) is 0. The molecule has 2 aromatic rings. The lowest BCUT2D eigenvalue weighted by molar-refractivity contribution is 1.18. The second-order valence-corrected chi connectivity index (χ2v) is 3.92. The molecule has 16 heavy (non-hydrogen) atoms. The van der Waals surface area contributed by atoms with Gasteiger partial charge in [-0.25, -0.2) is 0 Å². The van der Waals surface area contributed by atoms with E-state index >= 15 is 0 Å². The molecule has 0 amide bonds. The molecule has 0 heterocycles. The van der Waals surface area contributed by atoms with E-state index in [9.17, 15) is 0 Å². The Morgan fingerprint density at radius 1 is 1.00 bits per heavy atom. The number of rotatable bonds is 2. The molecule has 0 spiro atoms. The average molecular weight is 207 g/mol. The van der Waals surface area contributed by atoms with Crippen molar-refractivity contribution in [2.45, 2.75) is 13.3 Å². The van der Waals surface area contributed by atoms with E-state index in [1.165, 1.54) is 11.1 Å². The smallest absolute Gasteiger partial charge is 0.0994 e. The molecule has 0 aliphatic rings. The summed E-state index contributed by atoms with van der Waals surface area (Å²) < 4.78 is 0. The van der Waals surface area contributed by atoms with Crippen molar-refractivity contribution in [1.82, 2.24) is 0 Å². The topological polar surface area (TPSA) is 23.8 Å². The molecule has 0 saturated carbocycles. The molecule has 0 N–H and O–H groups in total. The molecule has 2 rings (SSSR count). The summed E-state index contributed by atoms with van der Waals surface area (Å²) >= 11 is 0.